The topological polar surface area (TPSA) is 12.0 Å². The zero-order valence-electron chi connectivity index (χ0n) is 10.2. The highest BCUT2D eigenvalue weighted by atomic mass is 19.4. The fraction of sp³-hybridized carbons (Fsp3) is 0.200. The van der Waals surface area contributed by atoms with Crippen molar-refractivity contribution >= 4 is 5.69 Å². The van der Waals surface area contributed by atoms with Crippen molar-refractivity contribution in [1.82, 2.24) is 0 Å². The van der Waals surface area contributed by atoms with E-state index < -0.39 is 12.6 Å². The van der Waals surface area contributed by atoms with Crippen LogP contribution in [0, 0.1) is 0 Å². The zero-order valence-corrected chi connectivity index (χ0v) is 10.2. The highest BCUT2D eigenvalue weighted by Gasteiger charge is 2.25. The largest absolute Gasteiger partial charge is 0.390 e. The van der Waals surface area contributed by atoms with Crippen molar-refractivity contribution in [2.75, 3.05) is 11.9 Å². The quantitative estimate of drug-likeness (QED) is 0.843. The molecule has 0 saturated carbocycles. The van der Waals surface area contributed by atoms with Gasteiger partial charge in [0.25, 0.3) is 0 Å². The minimum atomic E-state index is -4.11. The first-order chi connectivity index (χ1) is 9.04. The van der Waals surface area contributed by atoms with Gasteiger partial charge in [-0.25, -0.2) is 0 Å². The van der Waals surface area contributed by atoms with E-state index in [9.17, 15) is 13.2 Å². The van der Waals surface area contributed by atoms with Gasteiger partial charge in [0.15, 0.2) is 0 Å². The monoisotopic (exact) mass is 265 g/mol. The molecule has 0 fully saturated rings. The van der Waals surface area contributed by atoms with Gasteiger partial charge in [0.05, 0.1) is 6.42 Å². The first-order valence-electron chi connectivity index (χ1n) is 6.01. The molecular formula is C15H14F3N. The summed E-state index contributed by atoms with van der Waals surface area (Å²) in [5.41, 5.74) is 2.83. The molecule has 0 radical (unpaired) electrons. The molecule has 0 amide bonds. The molecule has 0 aliphatic carbocycles. The van der Waals surface area contributed by atoms with Crippen molar-refractivity contribution in [3.8, 4) is 11.1 Å². The summed E-state index contributed by atoms with van der Waals surface area (Å²) in [5, 5.41) is 2.76. The van der Waals surface area contributed by atoms with E-state index in [0.717, 1.165) is 11.1 Å². The summed E-state index contributed by atoms with van der Waals surface area (Å²) in [6, 6.07) is 17.2. The van der Waals surface area contributed by atoms with Crippen LogP contribution in [0.15, 0.2) is 54.6 Å². The van der Waals surface area contributed by atoms with Crippen LogP contribution >= 0.6 is 0 Å². The number of alkyl halides is 3. The van der Waals surface area contributed by atoms with Gasteiger partial charge in [-0.3, -0.25) is 0 Å². The van der Waals surface area contributed by atoms with Crippen molar-refractivity contribution < 1.29 is 13.2 Å². The first-order valence-corrected chi connectivity index (χ1v) is 6.01. The molecule has 19 heavy (non-hydrogen) atoms. The third-order valence-electron chi connectivity index (χ3n) is 2.73. The second-order valence-electron chi connectivity index (χ2n) is 4.24. The van der Waals surface area contributed by atoms with Crippen LogP contribution in [0.3, 0.4) is 0 Å². The molecule has 1 nitrogen and oxygen atoms in total. The highest BCUT2D eigenvalue weighted by molar-refractivity contribution is 5.65. The van der Waals surface area contributed by atoms with Gasteiger partial charge in [0.2, 0.25) is 0 Å². The van der Waals surface area contributed by atoms with Crippen LogP contribution in [-0.2, 0) is 0 Å². The minimum Gasteiger partial charge on any atom is -0.385 e. The van der Waals surface area contributed by atoms with Crippen molar-refractivity contribution in [2.24, 2.45) is 0 Å². The van der Waals surface area contributed by atoms with Gasteiger partial charge in [0.1, 0.15) is 0 Å². The van der Waals surface area contributed by atoms with Crippen LogP contribution in [0.4, 0.5) is 18.9 Å². The molecule has 4 heteroatoms. The van der Waals surface area contributed by atoms with Gasteiger partial charge >= 0.3 is 6.18 Å². The van der Waals surface area contributed by atoms with Gasteiger partial charge in [-0.1, -0.05) is 42.5 Å². The first kappa shape index (κ1) is 13.5. The van der Waals surface area contributed by atoms with E-state index in [-0.39, 0.29) is 6.54 Å². The van der Waals surface area contributed by atoms with Crippen molar-refractivity contribution in [3.63, 3.8) is 0 Å². The van der Waals surface area contributed by atoms with Gasteiger partial charge in [-0.2, -0.15) is 13.2 Å². The molecule has 0 spiro atoms. The predicted molar refractivity (Wildman–Crippen MR) is 71.0 cm³/mol. The lowest BCUT2D eigenvalue weighted by Gasteiger charge is -2.09. The van der Waals surface area contributed by atoms with Crippen molar-refractivity contribution in [2.45, 2.75) is 12.6 Å². The SMILES string of the molecule is FC(F)(F)CCNc1ccc(-c2ccccc2)cc1. The lowest BCUT2D eigenvalue weighted by Crippen LogP contribution is -2.14. The smallest absolute Gasteiger partial charge is 0.385 e. The second-order valence-corrected chi connectivity index (χ2v) is 4.24. The number of anilines is 1. The summed E-state index contributed by atoms with van der Waals surface area (Å²) in [4.78, 5) is 0. The van der Waals surface area contributed by atoms with Gasteiger partial charge in [-0.05, 0) is 23.3 Å². The number of hydrogen-bond acceptors (Lipinski definition) is 1. The van der Waals surface area contributed by atoms with Crippen LogP contribution in [0.25, 0.3) is 11.1 Å². The number of benzene rings is 2. The third kappa shape index (κ3) is 4.32. The van der Waals surface area contributed by atoms with E-state index in [1.807, 2.05) is 42.5 Å². The molecule has 100 valence electrons. The Bertz CT molecular complexity index is 503. The molecule has 0 unspecified atom stereocenters. The minimum absolute atomic E-state index is 0.103. The summed E-state index contributed by atoms with van der Waals surface area (Å²) in [6.45, 7) is -0.103. The average Bonchev–Trinajstić information content (AvgIpc) is 2.39. The molecule has 1 N–H and O–H groups in total. The molecule has 2 rings (SSSR count). The Morgan fingerprint density at radius 3 is 1.95 bits per heavy atom. The standard InChI is InChI=1S/C15H14F3N/c16-15(17,18)10-11-19-14-8-6-13(7-9-14)12-4-2-1-3-5-12/h1-9,19H,10-11H2. The van der Waals surface area contributed by atoms with Crippen LogP contribution in [-0.4, -0.2) is 12.7 Å². The van der Waals surface area contributed by atoms with Gasteiger partial charge < -0.3 is 5.32 Å². The van der Waals surface area contributed by atoms with Crippen molar-refractivity contribution in [1.29, 1.82) is 0 Å². The average molecular weight is 265 g/mol. The highest BCUT2D eigenvalue weighted by Crippen LogP contribution is 2.22. The maximum atomic E-state index is 12.0. The zero-order chi connectivity index (χ0) is 13.7. The van der Waals surface area contributed by atoms with Gasteiger partial charge in [0, 0.05) is 12.2 Å². The number of rotatable bonds is 4. The molecule has 0 heterocycles. The molecule has 0 saturated heterocycles. The third-order valence-corrected chi connectivity index (χ3v) is 2.73. The van der Waals surface area contributed by atoms with Gasteiger partial charge in [-0.15, -0.1) is 0 Å². The second kappa shape index (κ2) is 5.78. The Balaban J connectivity index is 1.96. The molecular weight excluding hydrogens is 251 g/mol. The molecule has 0 atom stereocenters. The number of hydrogen-bond donors (Lipinski definition) is 1. The summed E-state index contributed by atoms with van der Waals surface area (Å²) < 4.78 is 36.0. The van der Waals surface area contributed by atoms with Crippen LogP contribution in [0.2, 0.25) is 0 Å². The Morgan fingerprint density at radius 1 is 0.789 bits per heavy atom. The van der Waals surface area contributed by atoms with Crippen molar-refractivity contribution in [3.05, 3.63) is 54.6 Å². The fourth-order valence-corrected chi connectivity index (χ4v) is 1.76. The van der Waals surface area contributed by atoms with E-state index in [1.165, 1.54) is 0 Å². The Morgan fingerprint density at radius 2 is 1.37 bits per heavy atom. The van der Waals surface area contributed by atoms with Crippen LogP contribution in [0.5, 0.6) is 0 Å². The molecule has 0 aliphatic heterocycles. The maximum absolute atomic E-state index is 12.0. The molecule has 0 aliphatic rings. The summed E-state index contributed by atoms with van der Waals surface area (Å²) in [5.74, 6) is 0. The van der Waals surface area contributed by atoms with E-state index in [1.54, 1.807) is 12.1 Å². The molecule has 0 aromatic heterocycles. The summed E-state index contributed by atoms with van der Waals surface area (Å²) in [7, 11) is 0. The van der Waals surface area contributed by atoms with E-state index in [2.05, 4.69) is 5.32 Å². The number of halogens is 3. The fourth-order valence-electron chi connectivity index (χ4n) is 1.76. The number of nitrogens with one attached hydrogen (secondary N) is 1. The Hall–Kier alpha value is -1.97. The van der Waals surface area contributed by atoms with Crippen LogP contribution < -0.4 is 5.32 Å². The van der Waals surface area contributed by atoms with E-state index in [4.69, 9.17) is 0 Å². The maximum Gasteiger partial charge on any atom is 0.390 e. The summed E-state index contributed by atoms with van der Waals surface area (Å²) in [6.07, 6.45) is -4.94. The Kier molecular flexibility index (Phi) is 4.10. The van der Waals surface area contributed by atoms with Crippen LogP contribution in [0.1, 0.15) is 6.42 Å². The van der Waals surface area contributed by atoms with E-state index >= 15 is 0 Å². The lowest BCUT2D eigenvalue weighted by atomic mass is 10.1. The molecule has 0 bridgehead atoms. The Labute approximate surface area is 110 Å². The van der Waals surface area contributed by atoms with E-state index in [0.29, 0.717) is 5.69 Å². The normalized spacial score (nSPS) is 11.3. The summed E-state index contributed by atoms with van der Waals surface area (Å²) >= 11 is 0. The molecule has 2 aromatic rings. The molecule has 2 aromatic carbocycles. The predicted octanol–water partition coefficient (Wildman–Crippen LogP) is 4.72. The lowest BCUT2D eigenvalue weighted by molar-refractivity contribution is -0.131.